The zero-order valence-corrected chi connectivity index (χ0v) is 16.1. The molecule has 2 fully saturated rings. The molecule has 2 aliphatic heterocycles. The highest BCUT2D eigenvalue weighted by Gasteiger charge is 2.35. The molecule has 2 saturated heterocycles. The van der Waals surface area contributed by atoms with Crippen LogP contribution in [0.15, 0.2) is 24.3 Å². The van der Waals surface area contributed by atoms with Crippen molar-refractivity contribution in [2.24, 2.45) is 0 Å². The molecule has 3 rings (SSSR count). The summed E-state index contributed by atoms with van der Waals surface area (Å²) in [4.78, 5) is 18.6. The molecule has 1 N–H and O–H groups in total. The van der Waals surface area contributed by atoms with Crippen molar-refractivity contribution in [2.45, 2.75) is 39.0 Å². The topological polar surface area (TPSA) is 37.2 Å². The molecular formula is C19H29ClN3O2+. The van der Waals surface area contributed by atoms with E-state index in [0.717, 1.165) is 31.2 Å². The third-order valence-electron chi connectivity index (χ3n) is 5.29. The van der Waals surface area contributed by atoms with Gasteiger partial charge in [-0.1, -0.05) is 17.7 Å². The van der Waals surface area contributed by atoms with Gasteiger partial charge in [-0.3, -0.25) is 4.79 Å². The van der Waals surface area contributed by atoms with Gasteiger partial charge in [0.05, 0.1) is 38.4 Å². The van der Waals surface area contributed by atoms with E-state index in [1.54, 1.807) is 0 Å². The molecule has 6 heteroatoms. The van der Waals surface area contributed by atoms with Crippen LogP contribution in [0.25, 0.3) is 0 Å². The van der Waals surface area contributed by atoms with E-state index in [1.165, 1.54) is 10.6 Å². The van der Waals surface area contributed by atoms with Crippen LogP contribution in [0, 0.1) is 0 Å². The highest BCUT2D eigenvalue weighted by molar-refractivity contribution is 6.30. The lowest BCUT2D eigenvalue weighted by molar-refractivity contribution is -0.915. The van der Waals surface area contributed by atoms with Crippen molar-refractivity contribution in [3.63, 3.8) is 0 Å². The Balaban J connectivity index is 1.56. The normalized spacial score (nSPS) is 26.6. The molecule has 1 aromatic carbocycles. The van der Waals surface area contributed by atoms with Crippen molar-refractivity contribution in [1.29, 1.82) is 0 Å². The average molecular weight is 367 g/mol. The summed E-state index contributed by atoms with van der Waals surface area (Å²) in [5, 5.41) is 0.770. The van der Waals surface area contributed by atoms with E-state index in [2.05, 4.69) is 17.9 Å². The predicted octanol–water partition coefficient (Wildman–Crippen LogP) is 1.07. The fourth-order valence-corrected chi connectivity index (χ4v) is 4.15. The van der Waals surface area contributed by atoms with Gasteiger partial charge >= 0.3 is 0 Å². The molecule has 0 bridgehead atoms. The first-order valence-electron chi connectivity index (χ1n) is 9.23. The van der Waals surface area contributed by atoms with Crippen molar-refractivity contribution in [3.8, 4) is 0 Å². The van der Waals surface area contributed by atoms with E-state index >= 15 is 0 Å². The number of anilines is 1. The molecule has 25 heavy (non-hydrogen) atoms. The fraction of sp³-hybridized carbons (Fsp3) is 0.632. The number of halogens is 1. The van der Waals surface area contributed by atoms with Gasteiger partial charge in [0.25, 0.3) is 5.91 Å². The molecule has 0 saturated carbocycles. The minimum absolute atomic E-state index is 0.000915. The second-order valence-corrected chi connectivity index (χ2v) is 7.78. The lowest BCUT2D eigenvalue weighted by atomic mass is 10.1. The molecular weight excluding hydrogens is 338 g/mol. The molecule has 0 spiro atoms. The number of quaternary nitrogens is 1. The molecule has 3 atom stereocenters. The second kappa shape index (κ2) is 7.94. The van der Waals surface area contributed by atoms with Crippen LogP contribution in [0.2, 0.25) is 5.02 Å². The van der Waals surface area contributed by atoms with E-state index in [-0.39, 0.29) is 24.2 Å². The molecule has 0 radical (unpaired) electrons. The molecule has 0 unspecified atom stereocenters. The van der Waals surface area contributed by atoms with Crippen LogP contribution in [0.4, 0.5) is 5.69 Å². The van der Waals surface area contributed by atoms with E-state index in [0.29, 0.717) is 13.1 Å². The van der Waals surface area contributed by atoms with Gasteiger partial charge in [-0.15, -0.1) is 0 Å². The molecule has 0 aromatic heterocycles. The van der Waals surface area contributed by atoms with E-state index < -0.39 is 0 Å². The Morgan fingerprint density at radius 3 is 2.48 bits per heavy atom. The van der Waals surface area contributed by atoms with Gasteiger partial charge in [-0.25, -0.2) is 0 Å². The summed E-state index contributed by atoms with van der Waals surface area (Å²) < 4.78 is 5.75. The summed E-state index contributed by atoms with van der Waals surface area (Å²) in [6, 6.07) is 8.00. The van der Waals surface area contributed by atoms with Crippen LogP contribution in [-0.4, -0.2) is 68.3 Å². The summed E-state index contributed by atoms with van der Waals surface area (Å²) in [7, 11) is 0. The van der Waals surface area contributed by atoms with Crippen molar-refractivity contribution >= 4 is 23.2 Å². The fourth-order valence-electron chi connectivity index (χ4n) is 3.96. The predicted molar refractivity (Wildman–Crippen MR) is 100 cm³/mol. The van der Waals surface area contributed by atoms with Gasteiger partial charge in [0, 0.05) is 23.8 Å². The number of hydrogen-bond acceptors (Lipinski definition) is 3. The average Bonchev–Trinajstić information content (AvgIpc) is 2.60. The Morgan fingerprint density at radius 1 is 1.24 bits per heavy atom. The number of rotatable bonds is 3. The van der Waals surface area contributed by atoms with E-state index in [4.69, 9.17) is 16.3 Å². The minimum Gasteiger partial charge on any atom is -0.372 e. The minimum atomic E-state index is -0.000915. The molecule has 2 heterocycles. The van der Waals surface area contributed by atoms with Crippen molar-refractivity contribution in [3.05, 3.63) is 29.3 Å². The number of hydrogen-bond donors (Lipinski definition) is 1. The van der Waals surface area contributed by atoms with Crippen molar-refractivity contribution < 1.29 is 14.4 Å². The van der Waals surface area contributed by atoms with Crippen LogP contribution in [0.3, 0.4) is 0 Å². The van der Waals surface area contributed by atoms with E-state index in [9.17, 15) is 4.79 Å². The van der Waals surface area contributed by atoms with Crippen LogP contribution < -0.4 is 9.80 Å². The summed E-state index contributed by atoms with van der Waals surface area (Å²) >= 11 is 6.10. The van der Waals surface area contributed by atoms with Crippen molar-refractivity contribution in [1.82, 2.24) is 4.90 Å². The molecule has 2 aliphatic rings. The van der Waals surface area contributed by atoms with Crippen LogP contribution in [0.1, 0.15) is 20.8 Å². The number of carbonyl (C=O) groups is 1. The van der Waals surface area contributed by atoms with E-state index in [1.807, 2.05) is 36.9 Å². The number of benzene rings is 1. The highest BCUT2D eigenvalue weighted by atomic mass is 35.5. The standard InChI is InChI=1S/C19H28ClN3O2/c1-14-12-23(13-15(2)25-14)19(24)16(3)21-7-9-22(10-8-21)18-6-4-5-17(20)11-18/h4-6,11,14-16H,7-10,12-13H2,1-3H3/p+1/t14-,15+,16-/m1/s1. The van der Waals surface area contributed by atoms with Crippen LogP contribution in [-0.2, 0) is 9.53 Å². The number of ether oxygens (including phenoxy) is 1. The highest BCUT2D eigenvalue weighted by Crippen LogP contribution is 2.19. The molecule has 138 valence electrons. The van der Waals surface area contributed by atoms with Gasteiger partial charge in [0.1, 0.15) is 0 Å². The van der Waals surface area contributed by atoms with Crippen LogP contribution in [0.5, 0.6) is 0 Å². The smallest absolute Gasteiger partial charge is 0.280 e. The third kappa shape index (κ3) is 4.46. The Morgan fingerprint density at radius 2 is 1.88 bits per heavy atom. The van der Waals surface area contributed by atoms with Gasteiger partial charge in [-0.05, 0) is 39.0 Å². The second-order valence-electron chi connectivity index (χ2n) is 7.35. The maximum Gasteiger partial charge on any atom is 0.280 e. The maximum atomic E-state index is 12.9. The van der Waals surface area contributed by atoms with Gasteiger partial charge < -0.3 is 19.4 Å². The number of piperazine rings is 1. The maximum absolute atomic E-state index is 12.9. The van der Waals surface area contributed by atoms with Gasteiger partial charge in [0.2, 0.25) is 0 Å². The Kier molecular flexibility index (Phi) is 5.87. The third-order valence-corrected chi connectivity index (χ3v) is 5.53. The number of morpholine rings is 1. The summed E-state index contributed by atoms with van der Waals surface area (Å²) in [6.07, 6.45) is 0.240. The molecule has 5 nitrogen and oxygen atoms in total. The van der Waals surface area contributed by atoms with Gasteiger partial charge in [-0.2, -0.15) is 0 Å². The first-order chi connectivity index (χ1) is 11.9. The van der Waals surface area contributed by atoms with Gasteiger partial charge in [0.15, 0.2) is 6.04 Å². The number of amides is 1. The monoisotopic (exact) mass is 366 g/mol. The SMILES string of the molecule is C[C@@H]1CN(C(=O)[C@@H](C)[NH+]2CCN(c3cccc(Cl)c3)CC2)C[C@H](C)O1. The quantitative estimate of drug-likeness (QED) is 0.869. The zero-order valence-electron chi connectivity index (χ0n) is 15.4. The molecule has 1 aromatic rings. The Hall–Kier alpha value is -1.30. The lowest BCUT2D eigenvalue weighted by Crippen LogP contribution is -3.19. The van der Waals surface area contributed by atoms with Crippen molar-refractivity contribution in [2.75, 3.05) is 44.2 Å². The number of nitrogens with one attached hydrogen (secondary N) is 1. The Bertz CT molecular complexity index is 594. The molecule has 1 amide bonds. The lowest BCUT2D eigenvalue weighted by Gasteiger charge is -2.40. The first kappa shape index (κ1) is 18.5. The number of carbonyl (C=O) groups excluding carboxylic acids is 1. The summed E-state index contributed by atoms with van der Waals surface area (Å²) in [5.74, 6) is 0.258. The summed E-state index contributed by atoms with van der Waals surface area (Å²) in [6.45, 7) is 11.4. The van der Waals surface area contributed by atoms with Crippen LogP contribution >= 0.6 is 11.6 Å². The zero-order chi connectivity index (χ0) is 18.0. The summed E-state index contributed by atoms with van der Waals surface area (Å²) in [5.41, 5.74) is 1.17. The number of nitrogens with zero attached hydrogens (tertiary/aromatic N) is 2. The molecule has 0 aliphatic carbocycles. The Labute approximate surface area is 155 Å². The first-order valence-corrected chi connectivity index (χ1v) is 9.61. The largest absolute Gasteiger partial charge is 0.372 e.